The SMILES string of the molecule is O=C(CS(=O)(=O)c1cn(Cc2cccc(Br)c2)c2cc(F)cc(F)c12)Nc1noc2ccccc12. The molecule has 5 aromatic rings. The van der Waals surface area contributed by atoms with Gasteiger partial charge in [-0.25, -0.2) is 17.2 Å². The van der Waals surface area contributed by atoms with Crippen molar-refractivity contribution in [3.63, 3.8) is 0 Å². The maximum atomic E-state index is 14.8. The first kappa shape index (κ1) is 23.2. The van der Waals surface area contributed by atoms with E-state index in [4.69, 9.17) is 4.52 Å². The second-order valence-corrected chi connectivity index (χ2v) is 10.7. The molecule has 0 unspecified atom stereocenters. The second-order valence-electron chi connectivity index (χ2n) is 7.87. The van der Waals surface area contributed by atoms with Gasteiger partial charge in [-0.3, -0.25) is 4.79 Å². The Bertz CT molecular complexity index is 1710. The number of para-hydroxylation sites is 1. The van der Waals surface area contributed by atoms with Crippen molar-refractivity contribution in [2.24, 2.45) is 0 Å². The Morgan fingerprint density at radius 2 is 1.89 bits per heavy atom. The maximum Gasteiger partial charge on any atom is 0.241 e. The molecule has 0 bridgehead atoms. The zero-order valence-electron chi connectivity index (χ0n) is 17.8. The number of nitrogens with one attached hydrogen (secondary N) is 1. The van der Waals surface area contributed by atoms with Crippen LogP contribution in [0.2, 0.25) is 0 Å². The molecule has 0 radical (unpaired) electrons. The molecule has 1 amide bonds. The Morgan fingerprint density at radius 3 is 2.69 bits per heavy atom. The standard InChI is InChI=1S/C24H16BrF2N3O4S/c25-15-5-3-4-14(8-15)11-30-12-21(23-18(27)9-16(26)10-19(23)30)35(32,33)13-22(31)28-24-17-6-1-2-7-20(17)34-29-24/h1-10,12H,11,13H2,(H,28,29,31). The number of sulfone groups is 1. The van der Waals surface area contributed by atoms with Gasteiger partial charge in [-0.2, -0.15) is 0 Å². The van der Waals surface area contributed by atoms with Crippen molar-refractivity contribution in [1.82, 2.24) is 9.72 Å². The summed E-state index contributed by atoms with van der Waals surface area (Å²) in [5.74, 6) is -3.65. The predicted octanol–water partition coefficient (Wildman–Crippen LogP) is 5.28. The van der Waals surface area contributed by atoms with Crippen molar-refractivity contribution in [1.29, 1.82) is 0 Å². The van der Waals surface area contributed by atoms with Crippen molar-refractivity contribution in [2.75, 3.05) is 11.1 Å². The van der Waals surface area contributed by atoms with Gasteiger partial charge in [-0.15, -0.1) is 0 Å². The van der Waals surface area contributed by atoms with Crippen molar-refractivity contribution in [2.45, 2.75) is 11.4 Å². The fourth-order valence-electron chi connectivity index (χ4n) is 3.90. The molecule has 2 aromatic heterocycles. The fourth-order valence-corrected chi connectivity index (χ4v) is 5.72. The number of amides is 1. The molecule has 178 valence electrons. The lowest BCUT2D eigenvalue weighted by Crippen LogP contribution is -2.23. The van der Waals surface area contributed by atoms with Crippen LogP contribution in [-0.2, 0) is 21.2 Å². The lowest BCUT2D eigenvalue weighted by molar-refractivity contribution is -0.113. The summed E-state index contributed by atoms with van der Waals surface area (Å²) >= 11 is 3.37. The molecule has 5 rings (SSSR count). The molecule has 0 aliphatic heterocycles. The van der Waals surface area contributed by atoms with E-state index in [1.807, 2.05) is 12.1 Å². The molecule has 1 N–H and O–H groups in total. The molecule has 0 saturated heterocycles. The van der Waals surface area contributed by atoms with Gasteiger partial charge < -0.3 is 14.4 Å². The van der Waals surface area contributed by atoms with Crippen LogP contribution in [0, 0.1) is 11.6 Å². The number of halogens is 3. The summed E-state index contributed by atoms with van der Waals surface area (Å²) in [6, 6.07) is 15.7. The maximum absolute atomic E-state index is 14.8. The number of hydrogen-bond donors (Lipinski definition) is 1. The topological polar surface area (TPSA) is 94.2 Å². The highest BCUT2D eigenvalue weighted by molar-refractivity contribution is 9.10. The van der Waals surface area contributed by atoms with Crippen LogP contribution in [0.15, 0.2) is 80.8 Å². The Labute approximate surface area is 206 Å². The van der Waals surface area contributed by atoms with Gasteiger partial charge in [0.2, 0.25) is 5.91 Å². The van der Waals surface area contributed by atoms with Crippen LogP contribution in [0.4, 0.5) is 14.6 Å². The van der Waals surface area contributed by atoms with Gasteiger partial charge in [0.1, 0.15) is 17.4 Å². The summed E-state index contributed by atoms with van der Waals surface area (Å²) in [6.45, 7) is 0.158. The van der Waals surface area contributed by atoms with Gasteiger partial charge in [-0.05, 0) is 35.9 Å². The van der Waals surface area contributed by atoms with E-state index < -0.39 is 38.0 Å². The molecule has 0 aliphatic carbocycles. The average Bonchev–Trinajstić information content (AvgIpc) is 3.36. The monoisotopic (exact) mass is 559 g/mol. The molecule has 2 heterocycles. The second kappa shape index (κ2) is 8.90. The van der Waals surface area contributed by atoms with Crippen molar-refractivity contribution in [3.05, 3.63) is 88.5 Å². The van der Waals surface area contributed by atoms with Crippen LogP contribution in [0.3, 0.4) is 0 Å². The summed E-state index contributed by atoms with van der Waals surface area (Å²) in [7, 11) is -4.32. The van der Waals surface area contributed by atoms with Crippen molar-refractivity contribution < 1.29 is 26.5 Å². The lowest BCUT2D eigenvalue weighted by Gasteiger charge is -2.06. The number of fused-ring (bicyclic) bond motifs is 2. The highest BCUT2D eigenvalue weighted by Crippen LogP contribution is 2.31. The van der Waals surface area contributed by atoms with E-state index in [0.29, 0.717) is 17.0 Å². The number of anilines is 1. The van der Waals surface area contributed by atoms with E-state index in [1.54, 1.807) is 36.4 Å². The minimum atomic E-state index is -4.32. The largest absolute Gasteiger partial charge is 0.354 e. The van der Waals surface area contributed by atoms with Crippen LogP contribution in [-0.4, -0.2) is 29.8 Å². The molecular formula is C24H16BrF2N3O4S. The Kier molecular flexibility index (Phi) is 5.89. The third-order valence-corrected chi connectivity index (χ3v) is 7.51. The number of carbonyl (C=O) groups excluding carboxylic acids is 1. The number of nitrogens with zero attached hydrogens (tertiary/aromatic N) is 2. The number of aromatic nitrogens is 2. The molecule has 11 heteroatoms. The molecule has 7 nitrogen and oxygen atoms in total. The number of hydrogen-bond acceptors (Lipinski definition) is 5. The summed E-state index contributed by atoms with van der Waals surface area (Å²) < 4.78 is 62.7. The van der Waals surface area contributed by atoms with Crippen LogP contribution in [0.25, 0.3) is 21.9 Å². The van der Waals surface area contributed by atoms with E-state index in [0.717, 1.165) is 16.1 Å². The van der Waals surface area contributed by atoms with Gasteiger partial charge in [-0.1, -0.05) is 45.4 Å². The lowest BCUT2D eigenvalue weighted by atomic mass is 10.2. The molecule has 35 heavy (non-hydrogen) atoms. The quantitative estimate of drug-likeness (QED) is 0.305. The molecule has 0 aliphatic rings. The predicted molar refractivity (Wildman–Crippen MR) is 130 cm³/mol. The summed E-state index contributed by atoms with van der Waals surface area (Å²) in [6.07, 6.45) is 1.22. The minimum Gasteiger partial charge on any atom is -0.354 e. The third kappa shape index (κ3) is 4.56. The normalized spacial score (nSPS) is 11.9. The zero-order valence-corrected chi connectivity index (χ0v) is 20.2. The first-order chi connectivity index (χ1) is 16.7. The number of carbonyl (C=O) groups is 1. The zero-order chi connectivity index (χ0) is 24.7. The van der Waals surface area contributed by atoms with Gasteiger partial charge in [0.15, 0.2) is 21.2 Å². The first-order valence-corrected chi connectivity index (χ1v) is 12.8. The average molecular weight is 560 g/mol. The van der Waals surface area contributed by atoms with Gasteiger partial charge in [0, 0.05) is 23.3 Å². The van der Waals surface area contributed by atoms with Crippen molar-refractivity contribution in [3.8, 4) is 0 Å². The fraction of sp³-hybridized carbons (Fsp3) is 0.0833. The molecule has 0 fully saturated rings. The summed E-state index contributed by atoms with van der Waals surface area (Å²) in [4.78, 5) is 12.2. The number of rotatable bonds is 6. The van der Waals surface area contributed by atoms with Crippen molar-refractivity contribution >= 4 is 59.4 Å². The van der Waals surface area contributed by atoms with E-state index in [9.17, 15) is 22.0 Å². The first-order valence-electron chi connectivity index (χ1n) is 10.3. The van der Waals surface area contributed by atoms with Crippen LogP contribution in [0.1, 0.15) is 5.56 Å². The molecule has 3 aromatic carbocycles. The Hall–Kier alpha value is -3.57. The molecule has 0 saturated carbocycles. The minimum absolute atomic E-state index is 0.0592. The van der Waals surface area contributed by atoms with Crippen LogP contribution in [0.5, 0.6) is 0 Å². The van der Waals surface area contributed by atoms with Crippen LogP contribution >= 0.6 is 15.9 Å². The van der Waals surface area contributed by atoms with E-state index in [1.165, 1.54) is 10.8 Å². The third-order valence-electron chi connectivity index (χ3n) is 5.40. The van der Waals surface area contributed by atoms with Crippen LogP contribution < -0.4 is 5.32 Å². The molecule has 0 atom stereocenters. The van der Waals surface area contributed by atoms with Gasteiger partial charge in [0.25, 0.3) is 0 Å². The van der Waals surface area contributed by atoms with E-state index in [2.05, 4.69) is 26.4 Å². The highest BCUT2D eigenvalue weighted by Gasteiger charge is 2.27. The van der Waals surface area contributed by atoms with Gasteiger partial charge >= 0.3 is 0 Å². The molecular weight excluding hydrogens is 544 g/mol. The Morgan fingerprint density at radius 1 is 1.09 bits per heavy atom. The number of benzene rings is 3. The van der Waals surface area contributed by atoms with E-state index in [-0.39, 0.29) is 23.3 Å². The van der Waals surface area contributed by atoms with Gasteiger partial charge in [0.05, 0.1) is 21.2 Å². The van der Waals surface area contributed by atoms with E-state index >= 15 is 0 Å². The Balaban J connectivity index is 1.50. The summed E-state index contributed by atoms with van der Waals surface area (Å²) in [5.41, 5.74) is 1.26. The summed E-state index contributed by atoms with van der Waals surface area (Å²) in [5, 5.41) is 6.41. The highest BCUT2D eigenvalue weighted by atomic mass is 79.9. The molecule has 0 spiro atoms. The smallest absolute Gasteiger partial charge is 0.241 e.